The second-order valence-electron chi connectivity index (χ2n) is 13.5. The standard InChI is InChI=1S/C35H51NO4Si/c1-9-10-11-18-25-36(8)32(37)30-24-23-27(26-31(30)33(38)39-34(2,3)4)40-41(35(5,6)7,28-19-14-12-15-20-28)29-21-16-13-17-22-29/h9,12-17,19-22,27,30-31H,1,10-11,18,23-26H2,2-8H3/t27-,30-,31-/m1/s1. The van der Waals surface area contributed by atoms with Crippen LogP contribution in [0.25, 0.3) is 0 Å². The number of ether oxygens (including phenoxy) is 1. The molecule has 0 heterocycles. The van der Waals surface area contributed by atoms with Gasteiger partial charge in [0.05, 0.1) is 11.8 Å². The topological polar surface area (TPSA) is 55.8 Å². The van der Waals surface area contributed by atoms with E-state index in [0.29, 0.717) is 19.4 Å². The van der Waals surface area contributed by atoms with Gasteiger partial charge in [0.1, 0.15) is 5.60 Å². The zero-order valence-electron chi connectivity index (χ0n) is 26.3. The van der Waals surface area contributed by atoms with Gasteiger partial charge in [0, 0.05) is 19.7 Å². The number of unbranched alkanes of at least 4 members (excludes halogenated alkanes) is 2. The Balaban J connectivity index is 1.96. The summed E-state index contributed by atoms with van der Waals surface area (Å²) >= 11 is 0. The van der Waals surface area contributed by atoms with Gasteiger partial charge in [-0.15, -0.1) is 6.58 Å². The van der Waals surface area contributed by atoms with Crippen LogP contribution in [0.15, 0.2) is 73.3 Å². The van der Waals surface area contributed by atoms with Crippen molar-refractivity contribution in [2.24, 2.45) is 11.8 Å². The highest BCUT2D eigenvalue weighted by Crippen LogP contribution is 2.42. The number of benzene rings is 2. The highest BCUT2D eigenvalue weighted by Gasteiger charge is 2.53. The molecule has 2 aromatic rings. The van der Waals surface area contributed by atoms with E-state index < -0.39 is 25.8 Å². The van der Waals surface area contributed by atoms with E-state index in [-0.39, 0.29) is 23.0 Å². The summed E-state index contributed by atoms with van der Waals surface area (Å²) in [6.45, 7) is 16.9. The summed E-state index contributed by atoms with van der Waals surface area (Å²) < 4.78 is 13.3. The quantitative estimate of drug-likeness (QED) is 0.132. The predicted octanol–water partition coefficient (Wildman–Crippen LogP) is 6.50. The highest BCUT2D eigenvalue weighted by molar-refractivity contribution is 6.99. The number of hydrogen-bond donors (Lipinski definition) is 0. The third kappa shape index (κ3) is 8.20. The minimum absolute atomic E-state index is 0.0309. The Kier molecular flexibility index (Phi) is 11.2. The van der Waals surface area contributed by atoms with Crippen LogP contribution in [0.3, 0.4) is 0 Å². The monoisotopic (exact) mass is 577 g/mol. The molecule has 1 fully saturated rings. The molecule has 0 saturated heterocycles. The summed E-state index contributed by atoms with van der Waals surface area (Å²) in [5.41, 5.74) is -0.632. The molecule has 6 heteroatoms. The molecular weight excluding hydrogens is 526 g/mol. The van der Waals surface area contributed by atoms with Crippen LogP contribution < -0.4 is 10.4 Å². The lowest BCUT2D eigenvalue weighted by Crippen LogP contribution is -2.68. The van der Waals surface area contributed by atoms with Gasteiger partial charge in [0.25, 0.3) is 8.32 Å². The van der Waals surface area contributed by atoms with Crippen LogP contribution in [0, 0.1) is 11.8 Å². The Hall–Kier alpha value is -2.70. The van der Waals surface area contributed by atoms with Gasteiger partial charge in [-0.05, 0) is 74.7 Å². The Morgan fingerprint density at radius 1 is 0.902 bits per heavy atom. The van der Waals surface area contributed by atoms with E-state index in [4.69, 9.17) is 9.16 Å². The molecule has 3 atom stereocenters. The van der Waals surface area contributed by atoms with E-state index in [1.165, 1.54) is 10.4 Å². The lowest BCUT2D eigenvalue weighted by atomic mass is 9.77. The zero-order chi connectivity index (χ0) is 30.3. The van der Waals surface area contributed by atoms with E-state index >= 15 is 0 Å². The van der Waals surface area contributed by atoms with E-state index in [0.717, 1.165) is 25.7 Å². The normalized spacial score (nSPS) is 19.8. The minimum Gasteiger partial charge on any atom is -0.460 e. The van der Waals surface area contributed by atoms with Gasteiger partial charge in [-0.2, -0.15) is 0 Å². The van der Waals surface area contributed by atoms with Crippen LogP contribution in [0.2, 0.25) is 5.04 Å². The van der Waals surface area contributed by atoms with Crippen LogP contribution in [0.5, 0.6) is 0 Å². The van der Waals surface area contributed by atoms with E-state index in [2.05, 4.69) is 75.9 Å². The van der Waals surface area contributed by atoms with Crippen LogP contribution >= 0.6 is 0 Å². The molecular formula is C35H51NO4Si. The number of hydrogen-bond acceptors (Lipinski definition) is 4. The summed E-state index contributed by atoms with van der Waals surface area (Å²) in [6, 6.07) is 21.2. The summed E-state index contributed by atoms with van der Waals surface area (Å²) in [6.07, 6.45) is 6.39. The average Bonchev–Trinajstić information content (AvgIpc) is 2.93. The third-order valence-electron chi connectivity index (χ3n) is 8.12. The second kappa shape index (κ2) is 14.0. The summed E-state index contributed by atoms with van der Waals surface area (Å²) in [5.74, 6) is -1.22. The maximum Gasteiger partial charge on any atom is 0.310 e. The number of carbonyl (C=O) groups is 2. The predicted molar refractivity (Wildman–Crippen MR) is 171 cm³/mol. The Morgan fingerprint density at radius 3 is 1.95 bits per heavy atom. The Labute approximate surface area is 249 Å². The van der Waals surface area contributed by atoms with Crippen molar-refractivity contribution in [2.45, 2.75) is 96.8 Å². The van der Waals surface area contributed by atoms with Crippen molar-refractivity contribution >= 4 is 30.6 Å². The van der Waals surface area contributed by atoms with Crippen molar-refractivity contribution in [1.82, 2.24) is 4.90 Å². The van der Waals surface area contributed by atoms with Gasteiger partial charge in [-0.1, -0.05) is 87.5 Å². The number of allylic oxidation sites excluding steroid dienone is 1. The van der Waals surface area contributed by atoms with Crippen molar-refractivity contribution in [3.63, 3.8) is 0 Å². The fraction of sp³-hybridized carbons (Fsp3) is 0.543. The number of carbonyl (C=O) groups excluding carboxylic acids is 2. The fourth-order valence-corrected chi connectivity index (χ4v) is 10.9. The lowest BCUT2D eigenvalue weighted by molar-refractivity contribution is -0.168. The molecule has 0 unspecified atom stereocenters. The van der Waals surface area contributed by atoms with Gasteiger partial charge >= 0.3 is 5.97 Å². The molecule has 0 radical (unpaired) electrons. The van der Waals surface area contributed by atoms with Gasteiger partial charge in [0.2, 0.25) is 5.91 Å². The van der Waals surface area contributed by atoms with E-state index in [1.807, 2.05) is 46.0 Å². The number of amides is 1. The van der Waals surface area contributed by atoms with Crippen molar-refractivity contribution in [3.05, 3.63) is 73.3 Å². The molecule has 1 amide bonds. The molecule has 1 aliphatic carbocycles. The lowest BCUT2D eigenvalue weighted by Gasteiger charge is -2.47. The maximum absolute atomic E-state index is 13.7. The minimum atomic E-state index is -2.80. The van der Waals surface area contributed by atoms with Gasteiger partial charge in [-0.25, -0.2) is 0 Å². The molecule has 5 nitrogen and oxygen atoms in total. The molecule has 3 rings (SSSR count). The number of nitrogens with zero attached hydrogens (tertiary/aromatic N) is 1. The van der Waals surface area contributed by atoms with E-state index in [1.54, 1.807) is 4.90 Å². The number of rotatable bonds is 11. The maximum atomic E-state index is 13.7. The van der Waals surface area contributed by atoms with Crippen LogP contribution in [-0.2, 0) is 18.8 Å². The average molecular weight is 578 g/mol. The summed E-state index contributed by atoms with van der Waals surface area (Å²) in [5, 5.41) is 2.25. The molecule has 0 N–H and O–H groups in total. The molecule has 0 aromatic heterocycles. The van der Waals surface area contributed by atoms with E-state index in [9.17, 15) is 9.59 Å². The molecule has 224 valence electrons. The zero-order valence-corrected chi connectivity index (χ0v) is 27.3. The smallest absolute Gasteiger partial charge is 0.310 e. The molecule has 0 aliphatic heterocycles. The van der Waals surface area contributed by atoms with Crippen LogP contribution in [0.1, 0.15) is 80.1 Å². The first-order valence-electron chi connectivity index (χ1n) is 15.2. The first kappa shape index (κ1) is 32.8. The SMILES string of the molecule is C=CCCCCN(C)C(=O)[C@@H]1CC[C@@H](O[Si](c2ccccc2)(c2ccccc2)C(C)(C)C)C[C@H]1C(=O)OC(C)(C)C. The molecule has 1 saturated carbocycles. The molecule has 0 spiro atoms. The first-order chi connectivity index (χ1) is 19.3. The van der Waals surface area contributed by atoms with Crippen LogP contribution in [0.4, 0.5) is 0 Å². The Bertz CT molecular complexity index is 1100. The third-order valence-corrected chi connectivity index (χ3v) is 13.2. The van der Waals surface area contributed by atoms with Gasteiger partial charge in [-0.3, -0.25) is 9.59 Å². The fourth-order valence-electron chi connectivity index (χ4n) is 6.14. The molecule has 1 aliphatic rings. The van der Waals surface area contributed by atoms with Crippen molar-refractivity contribution in [1.29, 1.82) is 0 Å². The second-order valence-corrected chi connectivity index (χ2v) is 17.8. The molecule has 2 aromatic carbocycles. The summed E-state index contributed by atoms with van der Waals surface area (Å²) in [7, 11) is -0.946. The molecule has 41 heavy (non-hydrogen) atoms. The van der Waals surface area contributed by atoms with Crippen molar-refractivity contribution < 1.29 is 18.8 Å². The van der Waals surface area contributed by atoms with Gasteiger partial charge in [0.15, 0.2) is 0 Å². The first-order valence-corrected chi connectivity index (χ1v) is 17.1. The summed E-state index contributed by atoms with van der Waals surface area (Å²) in [4.78, 5) is 29.2. The molecule has 0 bridgehead atoms. The van der Waals surface area contributed by atoms with Gasteiger partial charge < -0.3 is 14.1 Å². The number of esters is 1. The highest BCUT2D eigenvalue weighted by atomic mass is 28.4. The van der Waals surface area contributed by atoms with Crippen LogP contribution in [-0.4, -0.2) is 50.4 Å². The van der Waals surface area contributed by atoms with Crippen molar-refractivity contribution in [2.75, 3.05) is 13.6 Å². The van der Waals surface area contributed by atoms with Crippen molar-refractivity contribution in [3.8, 4) is 0 Å². The Morgan fingerprint density at radius 2 is 1.46 bits per heavy atom. The largest absolute Gasteiger partial charge is 0.460 e.